The smallest absolute Gasteiger partial charge is 0.257 e. The molecule has 1 fully saturated rings. The number of hydrogen-bond donors (Lipinski definition) is 0. The van der Waals surface area contributed by atoms with Gasteiger partial charge in [0.25, 0.3) is 5.91 Å². The van der Waals surface area contributed by atoms with E-state index in [2.05, 4.69) is 11.0 Å². The third-order valence-corrected chi connectivity index (χ3v) is 5.74. The van der Waals surface area contributed by atoms with Crippen LogP contribution >= 0.6 is 23.4 Å². The molecular formula is C18H21ClN2O2S. The van der Waals surface area contributed by atoms with E-state index in [9.17, 15) is 4.79 Å². The fraction of sp³-hybridized carbons (Fsp3) is 0.389. The van der Waals surface area contributed by atoms with Crippen molar-refractivity contribution in [3.05, 3.63) is 53.4 Å². The van der Waals surface area contributed by atoms with Gasteiger partial charge in [-0.1, -0.05) is 23.7 Å². The lowest BCUT2D eigenvalue weighted by Gasteiger charge is -2.34. The number of piperazine rings is 1. The van der Waals surface area contributed by atoms with E-state index in [1.165, 1.54) is 6.26 Å². The summed E-state index contributed by atoms with van der Waals surface area (Å²) in [6.07, 6.45) is 4.17. The molecule has 0 atom stereocenters. The summed E-state index contributed by atoms with van der Waals surface area (Å²) in [5.41, 5.74) is 0.639. The second-order valence-corrected chi connectivity index (χ2v) is 7.32. The van der Waals surface area contributed by atoms with Crippen molar-refractivity contribution in [3.63, 3.8) is 0 Å². The molecule has 0 saturated carbocycles. The van der Waals surface area contributed by atoms with Gasteiger partial charge < -0.3 is 9.32 Å². The minimum Gasteiger partial charge on any atom is -0.472 e. The van der Waals surface area contributed by atoms with E-state index in [-0.39, 0.29) is 5.91 Å². The molecule has 1 saturated heterocycles. The van der Waals surface area contributed by atoms with Crippen LogP contribution in [0.5, 0.6) is 0 Å². The molecule has 24 heavy (non-hydrogen) atoms. The summed E-state index contributed by atoms with van der Waals surface area (Å²) < 4.78 is 4.99. The normalized spacial score (nSPS) is 15.6. The van der Waals surface area contributed by atoms with Crippen LogP contribution in [0.3, 0.4) is 0 Å². The van der Waals surface area contributed by atoms with Crippen LogP contribution in [0.15, 0.2) is 52.2 Å². The van der Waals surface area contributed by atoms with Crippen molar-refractivity contribution in [2.45, 2.75) is 11.3 Å². The monoisotopic (exact) mass is 364 g/mol. The fourth-order valence-corrected chi connectivity index (χ4v) is 3.95. The van der Waals surface area contributed by atoms with E-state index in [0.717, 1.165) is 54.8 Å². The Labute approximate surface area is 151 Å². The fourth-order valence-electron chi connectivity index (χ4n) is 2.78. The number of furan rings is 1. The average Bonchev–Trinajstić information content (AvgIpc) is 3.15. The van der Waals surface area contributed by atoms with Gasteiger partial charge in [-0.05, 0) is 36.9 Å². The molecule has 6 heteroatoms. The van der Waals surface area contributed by atoms with Gasteiger partial charge in [0.15, 0.2) is 0 Å². The highest BCUT2D eigenvalue weighted by molar-refractivity contribution is 7.99. The molecule has 1 aliphatic heterocycles. The third kappa shape index (κ3) is 4.56. The SMILES string of the molecule is O=C(c1ccoc1)N1CCN(CCCSc2ccccc2Cl)CC1. The van der Waals surface area contributed by atoms with E-state index in [1.54, 1.807) is 24.1 Å². The Kier molecular flexibility index (Phi) is 6.24. The van der Waals surface area contributed by atoms with Crippen LogP contribution in [0.2, 0.25) is 5.02 Å². The molecular weight excluding hydrogens is 344 g/mol. The number of hydrogen-bond acceptors (Lipinski definition) is 4. The number of halogens is 1. The maximum absolute atomic E-state index is 12.2. The van der Waals surface area contributed by atoms with Gasteiger partial charge in [0.05, 0.1) is 16.8 Å². The standard InChI is InChI=1S/C18H21ClN2O2S/c19-16-4-1-2-5-17(16)24-13-3-7-20-8-10-21(11-9-20)18(22)15-6-12-23-14-15/h1-2,4-6,12,14H,3,7-11,13H2. The second-order valence-electron chi connectivity index (χ2n) is 5.78. The zero-order valence-electron chi connectivity index (χ0n) is 13.5. The summed E-state index contributed by atoms with van der Waals surface area (Å²) in [5, 5.41) is 0.828. The Balaban J connectivity index is 1.35. The van der Waals surface area contributed by atoms with Crippen molar-refractivity contribution in [1.29, 1.82) is 0 Å². The first-order valence-corrected chi connectivity index (χ1v) is 9.51. The number of nitrogens with zero attached hydrogens (tertiary/aromatic N) is 2. The first-order chi connectivity index (χ1) is 11.7. The van der Waals surface area contributed by atoms with Crippen LogP contribution in [0.25, 0.3) is 0 Å². The summed E-state index contributed by atoms with van der Waals surface area (Å²) in [7, 11) is 0. The van der Waals surface area contributed by atoms with Gasteiger partial charge in [0.1, 0.15) is 6.26 Å². The first kappa shape index (κ1) is 17.4. The summed E-state index contributed by atoms with van der Waals surface area (Å²) in [4.78, 5) is 17.7. The lowest BCUT2D eigenvalue weighted by molar-refractivity contribution is 0.0637. The van der Waals surface area contributed by atoms with Crippen molar-refractivity contribution in [3.8, 4) is 0 Å². The number of thioether (sulfide) groups is 1. The number of amides is 1. The van der Waals surface area contributed by atoms with Crippen molar-refractivity contribution in [1.82, 2.24) is 9.80 Å². The molecule has 2 aromatic rings. The van der Waals surface area contributed by atoms with Crippen LogP contribution < -0.4 is 0 Å². The molecule has 1 aromatic carbocycles. The topological polar surface area (TPSA) is 36.7 Å². The van der Waals surface area contributed by atoms with Gasteiger partial charge in [0, 0.05) is 31.1 Å². The van der Waals surface area contributed by atoms with Crippen LogP contribution in [0, 0.1) is 0 Å². The van der Waals surface area contributed by atoms with Crippen molar-refractivity contribution < 1.29 is 9.21 Å². The van der Waals surface area contributed by atoms with E-state index in [0.29, 0.717) is 5.56 Å². The largest absolute Gasteiger partial charge is 0.472 e. The molecule has 0 bridgehead atoms. The maximum atomic E-state index is 12.2. The van der Waals surface area contributed by atoms with E-state index in [1.807, 2.05) is 23.1 Å². The quantitative estimate of drug-likeness (QED) is 0.576. The maximum Gasteiger partial charge on any atom is 0.257 e. The molecule has 1 aliphatic rings. The molecule has 0 spiro atoms. The van der Waals surface area contributed by atoms with Gasteiger partial charge in [-0.2, -0.15) is 0 Å². The zero-order valence-corrected chi connectivity index (χ0v) is 15.1. The van der Waals surface area contributed by atoms with Crippen molar-refractivity contribution >= 4 is 29.3 Å². The highest BCUT2D eigenvalue weighted by Crippen LogP contribution is 2.27. The predicted octanol–water partition coefficient (Wildman–Crippen LogP) is 3.87. The summed E-state index contributed by atoms with van der Waals surface area (Å²) in [5.74, 6) is 1.12. The van der Waals surface area contributed by atoms with Gasteiger partial charge >= 0.3 is 0 Å². The highest BCUT2D eigenvalue weighted by Gasteiger charge is 2.22. The minimum absolute atomic E-state index is 0.0673. The Morgan fingerprint density at radius 3 is 2.67 bits per heavy atom. The van der Waals surface area contributed by atoms with Gasteiger partial charge in [-0.3, -0.25) is 9.69 Å². The number of carbonyl (C=O) groups excluding carboxylic acids is 1. The van der Waals surface area contributed by atoms with E-state index < -0.39 is 0 Å². The molecule has 2 heterocycles. The molecule has 0 radical (unpaired) electrons. The van der Waals surface area contributed by atoms with Gasteiger partial charge in [-0.15, -0.1) is 11.8 Å². The Bertz CT molecular complexity index is 655. The van der Waals surface area contributed by atoms with Crippen molar-refractivity contribution in [2.75, 3.05) is 38.5 Å². The summed E-state index contributed by atoms with van der Waals surface area (Å²) in [6, 6.07) is 9.69. The number of rotatable bonds is 6. The molecule has 128 valence electrons. The van der Waals surface area contributed by atoms with Gasteiger partial charge in [0.2, 0.25) is 0 Å². The van der Waals surface area contributed by atoms with E-state index >= 15 is 0 Å². The van der Waals surface area contributed by atoms with Crippen LogP contribution in [-0.2, 0) is 0 Å². The van der Waals surface area contributed by atoms with E-state index in [4.69, 9.17) is 16.0 Å². The predicted molar refractivity (Wildman–Crippen MR) is 97.8 cm³/mol. The lowest BCUT2D eigenvalue weighted by Crippen LogP contribution is -2.48. The molecule has 1 amide bonds. The Hall–Kier alpha value is -1.43. The first-order valence-electron chi connectivity index (χ1n) is 8.15. The van der Waals surface area contributed by atoms with Gasteiger partial charge in [-0.25, -0.2) is 0 Å². The summed E-state index contributed by atoms with van der Waals surface area (Å²) in [6.45, 7) is 4.48. The Morgan fingerprint density at radius 1 is 1.17 bits per heavy atom. The van der Waals surface area contributed by atoms with Crippen LogP contribution in [0.4, 0.5) is 0 Å². The van der Waals surface area contributed by atoms with Crippen LogP contribution in [-0.4, -0.2) is 54.2 Å². The lowest BCUT2D eigenvalue weighted by atomic mass is 10.2. The molecule has 3 rings (SSSR count). The molecule has 4 nitrogen and oxygen atoms in total. The molecule has 0 N–H and O–H groups in total. The molecule has 0 aliphatic carbocycles. The highest BCUT2D eigenvalue weighted by atomic mass is 35.5. The molecule has 1 aromatic heterocycles. The third-order valence-electron chi connectivity index (χ3n) is 4.14. The summed E-state index contributed by atoms with van der Waals surface area (Å²) >= 11 is 7.97. The van der Waals surface area contributed by atoms with Crippen LogP contribution in [0.1, 0.15) is 16.8 Å². The minimum atomic E-state index is 0.0673. The Morgan fingerprint density at radius 2 is 1.96 bits per heavy atom. The second kappa shape index (κ2) is 8.60. The number of carbonyl (C=O) groups is 1. The zero-order chi connectivity index (χ0) is 16.8. The molecule has 0 unspecified atom stereocenters. The average molecular weight is 365 g/mol. The van der Waals surface area contributed by atoms with Crippen molar-refractivity contribution in [2.24, 2.45) is 0 Å². The number of benzene rings is 1.